The predicted octanol–water partition coefficient (Wildman–Crippen LogP) is 5.93. The molecule has 5 nitrogen and oxygen atoms in total. The van der Waals surface area contributed by atoms with Crippen molar-refractivity contribution in [2.24, 2.45) is 17.6 Å². The fraction of sp³-hybridized carbons (Fsp3) is 0.333. The monoisotopic (exact) mass is 496 g/mol. The van der Waals surface area contributed by atoms with Crippen molar-refractivity contribution in [1.29, 1.82) is 0 Å². The molecule has 1 unspecified atom stereocenters. The van der Waals surface area contributed by atoms with E-state index in [9.17, 15) is 14.7 Å². The number of carboxylic acids is 1. The van der Waals surface area contributed by atoms with Gasteiger partial charge in [-0.3, -0.25) is 4.79 Å². The standard InChI is InChI=1S/C27H29ClN2O3S/c28-25-22(20-7-4-8-21(14-20)27(32)33)15-24(34-25)23(13-17-5-2-1-3-6-17)30-26(31)19-11-9-18(16-29)10-12-19/h1-8,14-15,18-19,23H,9-13,16,29H2,(H,30,31)(H,32,33). The number of hydrogen-bond acceptors (Lipinski definition) is 4. The molecule has 1 atom stereocenters. The van der Waals surface area contributed by atoms with Crippen LogP contribution in [0.5, 0.6) is 0 Å². The van der Waals surface area contributed by atoms with Crippen molar-refractivity contribution in [3.8, 4) is 11.1 Å². The normalized spacial score (nSPS) is 18.9. The summed E-state index contributed by atoms with van der Waals surface area (Å²) in [4.78, 5) is 25.6. The molecule has 178 valence electrons. The fourth-order valence-corrected chi connectivity index (χ4v) is 5.98. The van der Waals surface area contributed by atoms with Gasteiger partial charge in [0.25, 0.3) is 0 Å². The van der Waals surface area contributed by atoms with Crippen LogP contribution in [0.2, 0.25) is 4.34 Å². The van der Waals surface area contributed by atoms with Gasteiger partial charge in [-0.25, -0.2) is 4.79 Å². The van der Waals surface area contributed by atoms with E-state index in [2.05, 4.69) is 17.4 Å². The number of aromatic carboxylic acids is 1. The molecule has 0 spiro atoms. The second-order valence-electron chi connectivity index (χ2n) is 8.93. The van der Waals surface area contributed by atoms with E-state index in [-0.39, 0.29) is 23.4 Å². The van der Waals surface area contributed by atoms with Crippen LogP contribution in [0.3, 0.4) is 0 Å². The number of carbonyl (C=O) groups is 2. The first kappa shape index (κ1) is 24.5. The third kappa shape index (κ3) is 5.87. The molecule has 4 rings (SSSR count). The van der Waals surface area contributed by atoms with Crippen LogP contribution >= 0.6 is 22.9 Å². The summed E-state index contributed by atoms with van der Waals surface area (Å²) in [5.74, 6) is -0.380. The van der Waals surface area contributed by atoms with E-state index in [0.29, 0.717) is 23.2 Å². The van der Waals surface area contributed by atoms with Crippen LogP contribution in [0.25, 0.3) is 11.1 Å². The molecular weight excluding hydrogens is 468 g/mol. The molecule has 1 heterocycles. The van der Waals surface area contributed by atoms with E-state index in [4.69, 9.17) is 17.3 Å². The summed E-state index contributed by atoms with van der Waals surface area (Å²) in [5.41, 5.74) is 8.67. The first-order chi connectivity index (χ1) is 16.4. The lowest BCUT2D eigenvalue weighted by atomic mass is 9.81. The van der Waals surface area contributed by atoms with Gasteiger partial charge >= 0.3 is 5.97 Å². The molecule has 1 aliphatic carbocycles. The third-order valence-electron chi connectivity index (χ3n) is 6.62. The van der Waals surface area contributed by atoms with Crippen molar-refractivity contribution in [1.82, 2.24) is 5.32 Å². The number of nitrogens with two attached hydrogens (primary N) is 1. The van der Waals surface area contributed by atoms with Crippen molar-refractivity contribution in [2.75, 3.05) is 6.54 Å². The van der Waals surface area contributed by atoms with Gasteiger partial charge in [-0.15, -0.1) is 11.3 Å². The highest BCUT2D eigenvalue weighted by atomic mass is 35.5. The van der Waals surface area contributed by atoms with Gasteiger partial charge in [0.1, 0.15) is 4.34 Å². The number of hydrogen-bond donors (Lipinski definition) is 3. The lowest BCUT2D eigenvalue weighted by Gasteiger charge is -2.28. The van der Waals surface area contributed by atoms with Crippen molar-refractivity contribution < 1.29 is 14.7 Å². The summed E-state index contributed by atoms with van der Waals surface area (Å²) in [7, 11) is 0. The van der Waals surface area contributed by atoms with Crippen molar-refractivity contribution in [2.45, 2.75) is 38.1 Å². The Kier molecular flexibility index (Phi) is 8.03. The minimum absolute atomic E-state index is 0.00299. The smallest absolute Gasteiger partial charge is 0.335 e. The minimum Gasteiger partial charge on any atom is -0.478 e. The predicted molar refractivity (Wildman–Crippen MR) is 137 cm³/mol. The molecule has 1 saturated carbocycles. The van der Waals surface area contributed by atoms with Crippen molar-refractivity contribution in [3.05, 3.63) is 81.0 Å². The zero-order valence-electron chi connectivity index (χ0n) is 18.9. The average molecular weight is 497 g/mol. The lowest BCUT2D eigenvalue weighted by Crippen LogP contribution is -2.37. The number of halogens is 1. The molecule has 1 aromatic heterocycles. The van der Waals surface area contributed by atoms with Crippen molar-refractivity contribution in [3.63, 3.8) is 0 Å². The number of benzene rings is 2. The van der Waals surface area contributed by atoms with Gasteiger partial charge in [0.05, 0.1) is 11.6 Å². The van der Waals surface area contributed by atoms with E-state index in [1.54, 1.807) is 18.2 Å². The summed E-state index contributed by atoms with van der Waals surface area (Å²) < 4.78 is 0.577. The van der Waals surface area contributed by atoms with Gasteiger partial charge in [-0.1, -0.05) is 54.1 Å². The van der Waals surface area contributed by atoms with Crippen LogP contribution in [0.1, 0.15) is 52.5 Å². The average Bonchev–Trinajstić information content (AvgIpc) is 3.26. The molecule has 4 N–H and O–H groups in total. The van der Waals surface area contributed by atoms with Gasteiger partial charge in [-0.2, -0.15) is 0 Å². The second kappa shape index (κ2) is 11.2. The summed E-state index contributed by atoms with van der Waals surface area (Å²) in [6.07, 6.45) is 4.37. The van der Waals surface area contributed by atoms with E-state index >= 15 is 0 Å². The Bertz CT molecular complexity index is 1140. The van der Waals surface area contributed by atoms with E-state index in [1.807, 2.05) is 30.3 Å². The quantitative estimate of drug-likeness (QED) is 0.360. The zero-order chi connectivity index (χ0) is 24.1. The van der Waals surface area contributed by atoms with Gasteiger partial charge in [0.2, 0.25) is 5.91 Å². The third-order valence-corrected chi connectivity index (χ3v) is 8.09. The topological polar surface area (TPSA) is 92.4 Å². The molecule has 0 radical (unpaired) electrons. The molecule has 1 fully saturated rings. The molecule has 3 aromatic rings. The molecular formula is C27H29ClN2O3S. The molecule has 2 aromatic carbocycles. The minimum atomic E-state index is -0.980. The number of carbonyl (C=O) groups excluding carboxylic acids is 1. The lowest BCUT2D eigenvalue weighted by molar-refractivity contribution is -0.127. The maximum Gasteiger partial charge on any atom is 0.335 e. The van der Waals surface area contributed by atoms with Gasteiger partial charge in [0, 0.05) is 16.4 Å². The molecule has 0 aliphatic heterocycles. The van der Waals surface area contributed by atoms with Crippen LogP contribution in [-0.2, 0) is 11.2 Å². The Morgan fingerprint density at radius 3 is 2.47 bits per heavy atom. The van der Waals surface area contributed by atoms with Crippen LogP contribution < -0.4 is 11.1 Å². The highest BCUT2D eigenvalue weighted by Gasteiger charge is 2.28. The van der Waals surface area contributed by atoms with Crippen LogP contribution in [-0.4, -0.2) is 23.5 Å². The maximum atomic E-state index is 13.2. The molecule has 0 saturated heterocycles. The Morgan fingerprint density at radius 1 is 1.06 bits per heavy atom. The Labute approximate surface area is 209 Å². The summed E-state index contributed by atoms with van der Waals surface area (Å²) in [6, 6.07) is 18.6. The Morgan fingerprint density at radius 2 is 1.79 bits per heavy atom. The molecule has 1 aliphatic rings. The second-order valence-corrected chi connectivity index (χ2v) is 10.6. The van der Waals surface area contributed by atoms with E-state index in [1.165, 1.54) is 11.3 Å². The maximum absolute atomic E-state index is 13.2. The first-order valence-electron chi connectivity index (χ1n) is 11.6. The number of nitrogens with one attached hydrogen (secondary N) is 1. The fourth-order valence-electron chi connectivity index (χ4n) is 4.60. The number of carboxylic acid groups (broad SMARTS) is 1. The highest BCUT2D eigenvalue weighted by molar-refractivity contribution is 7.16. The Balaban J connectivity index is 1.59. The van der Waals surface area contributed by atoms with Gasteiger partial charge in [-0.05, 0) is 73.9 Å². The van der Waals surface area contributed by atoms with Crippen molar-refractivity contribution >= 4 is 34.8 Å². The van der Waals surface area contributed by atoms with Crippen LogP contribution in [0, 0.1) is 11.8 Å². The van der Waals surface area contributed by atoms with Gasteiger partial charge < -0.3 is 16.2 Å². The van der Waals surface area contributed by atoms with Crippen LogP contribution in [0.4, 0.5) is 0 Å². The summed E-state index contributed by atoms with van der Waals surface area (Å²) in [6.45, 7) is 0.685. The zero-order valence-corrected chi connectivity index (χ0v) is 20.4. The molecule has 7 heteroatoms. The number of amides is 1. The Hall–Kier alpha value is -2.67. The summed E-state index contributed by atoms with van der Waals surface area (Å²) in [5, 5.41) is 12.6. The number of thiophene rings is 1. The summed E-state index contributed by atoms with van der Waals surface area (Å²) >= 11 is 8.05. The number of rotatable bonds is 8. The first-order valence-corrected chi connectivity index (χ1v) is 12.8. The van der Waals surface area contributed by atoms with E-state index < -0.39 is 5.97 Å². The SMILES string of the molecule is NCC1CCC(C(=O)NC(Cc2ccccc2)c2cc(-c3cccc(C(=O)O)c3)c(Cl)s2)CC1. The highest BCUT2D eigenvalue weighted by Crippen LogP contribution is 2.40. The molecule has 34 heavy (non-hydrogen) atoms. The van der Waals surface area contributed by atoms with Crippen LogP contribution in [0.15, 0.2) is 60.7 Å². The molecule has 0 bridgehead atoms. The molecule has 1 amide bonds. The largest absolute Gasteiger partial charge is 0.478 e. The van der Waals surface area contributed by atoms with E-state index in [0.717, 1.165) is 47.3 Å². The van der Waals surface area contributed by atoms with Gasteiger partial charge in [0.15, 0.2) is 0 Å².